The van der Waals surface area contributed by atoms with Crippen molar-refractivity contribution in [3.05, 3.63) is 24.2 Å². The van der Waals surface area contributed by atoms with Crippen LogP contribution in [-0.4, -0.2) is 16.4 Å². The van der Waals surface area contributed by atoms with Crippen LogP contribution in [0.15, 0.2) is 23.0 Å². The van der Waals surface area contributed by atoms with E-state index in [2.05, 4.69) is 5.32 Å². The molecule has 76 valence electrons. The van der Waals surface area contributed by atoms with Crippen molar-refractivity contribution in [3.63, 3.8) is 0 Å². The van der Waals surface area contributed by atoms with Gasteiger partial charge >= 0.3 is 0 Å². The number of thiocarbonyl (C=S) groups is 1. The first-order valence-electron chi connectivity index (χ1n) is 4.08. The molecule has 0 fully saturated rings. The Morgan fingerprint density at radius 1 is 1.64 bits per heavy atom. The average Bonchev–Trinajstić information content (AvgIpc) is 2.54. The van der Waals surface area contributed by atoms with Crippen molar-refractivity contribution in [1.29, 1.82) is 0 Å². The molecule has 0 saturated carbocycles. The molecular formula is C9H12N2O2S. The van der Waals surface area contributed by atoms with Crippen molar-refractivity contribution in [2.24, 2.45) is 5.73 Å². The van der Waals surface area contributed by atoms with E-state index in [0.29, 0.717) is 5.56 Å². The quantitative estimate of drug-likeness (QED) is 0.735. The molecule has 1 rings (SSSR count). The van der Waals surface area contributed by atoms with Crippen molar-refractivity contribution in [2.45, 2.75) is 19.4 Å². The van der Waals surface area contributed by atoms with Crippen molar-refractivity contribution in [3.8, 4) is 0 Å². The fraction of sp³-hybridized carbons (Fsp3) is 0.333. The van der Waals surface area contributed by atoms with Gasteiger partial charge in [-0.1, -0.05) is 12.2 Å². The fourth-order valence-corrected chi connectivity index (χ4v) is 0.862. The zero-order valence-corrected chi connectivity index (χ0v) is 8.85. The van der Waals surface area contributed by atoms with Gasteiger partial charge in [0.25, 0.3) is 5.91 Å². The molecule has 0 aliphatic carbocycles. The summed E-state index contributed by atoms with van der Waals surface area (Å²) in [6.45, 7) is 3.49. The van der Waals surface area contributed by atoms with Gasteiger partial charge < -0.3 is 15.5 Å². The monoisotopic (exact) mass is 212 g/mol. The van der Waals surface area contributed by atoms with Gasteiger partial charge in [0.15, 0.2) is 0 Å². The molecule has 0 aromatic carbocycles. The molecule has 0 aliphatic heterocycles. The number of amides is 1. The highest BCUT2D eigenvalue weighted by atomic mass is 32.1. The molecule has 0 spiro atoms. The molecule has 4 nitrogen and oxygen atoms in total. The van der Waals surface area contributed by atoms with Crippen LogP contribution in [0.4, 0.5) is 0 Å². The summed E-state index contributed by atoms with van der Waals surface area (Å²) in [6, 6.07) is 1.57. The van der Waals surface area contributed by atoms with Gasteiger partial charge in [0.05, 0.1) is 22.4 Å². The minimum absolute atomic E-state index is 0.245. The highest BCUT2D eigenvalue weighted by molar-refractivity contribution is 7.80. The number of hydrogen-bond donors (Lipinski definition) is 2. The lowest BCUT2D eigenvalue weighted by atomic mass is 10.1. The second-order valence-corrected chi connectivity index (χ2v) is 3.90. The predicted octanol–water partition coefficient (Wildman–Crippen LogP) is 1.07. The molecule has 1 aromatic heterocycles. The third-order valence-corrected chi connectivity index (χ3v) is 2.34. The Morgan fingerprint density at radius 3 is 2.71 bits per heavy atom. The van der Waals surface area contributed by atoms with Crippen LogP contribution in [0.3, 0.4) is 0 Å². The first-order chi connectivity index (χ1) is 6.43. The van der Waals surface area contributed by atoms with E-state index in [1.807, 2.05) is 0 Å². The highest BCUT2D eigenvalue weighted by Gasteiger charge is 2.24. The molecule has 0 radical (unpaired) electrons. The molecule has 0 atom stereocenters. The summed E-state index contributed by atoms with van der Waals surface area (Å²) in [5.41, 5.74) is 5.23. The molecule has 3 N–H and O–H groups in total. The standard InChI is InChI=1S/C9H12N2O2S/c1-9(2,8(10)14)11-7(12)6-3-4-13-5-6/h3-5H,1-2H3,(H2,10,14)(H,11,12). The number of rotatable bonds is 3. The topological polar surface area (TPSA) is 68.3 Å². The van der Waals surface area contributed by atoms with Gasteiger partial charge in [0, 0.05) is 0 Å². The normalized spacial score (nSPS) is 11.0. The highest BCUT2D eigenvalue weighted by Crippen LogP contribution is 2.06. The molecule has 0 unspecified atom stereocenters. The van der Waals surface area contributed by atoms with Gasteiger partial charge in [0.2, 0.25) is 0 Å². The fourth-order valence-electron chi connectivity index (χ4n) is 0.811. The Hall–Kier alpha value is -1.36. The molecule has 14 heavy (non-hydrogen) atoms. The van der Waals surface area contributed by atoms with E-state index in [-0.39, 0.29) is 10.9 Å². The van der Waals surface area contributed by atoms with Gasteiger partial charge in [-0.2, -0.15) is 0 Å². The Bertz CT molecular complexity index is 344. The van der Waals surface area contributed by atoms with Gasteiger partial charge in [0.1, 0.15) is 6.26 Å². The van der Waals surface area contributed by atoms with Crippen LogP contribution in [0.5, 0.6) is 0 Å². The number of furan rings is 1. The lowest BCUT2D eigenvalue weighted by molar-refractivity contribution is 0.0931. The number of nitrogens with one attached hydrogen (secondary N) is 1. The summed E-state index contributed by atoms with van der Waals surface area (Å²) in [5, 5.41) is 2.69. The van der Waals surface area contributed by atoms with E-state index in [1.165, 1.54) is 12.5 Å². The van der Waals surface area contributed by atoms with Crippen LogP contribution in [0, 0.1) is 0 Å². The van der Waals surface area contributed by atoms with Crippen LogP contribution in [-0.2, 0) is 0 Å². The molecule has 1 aromatic rings. The minimum atomic E-state index is -0.691. The largest absolute Gasteiger partial charge is 0.472 e. The zero-order chi connectivity index (χ0) is 10.8. The third kappa shape index (κ3) is 2.32. The van der Waals surface area contributed by atoms with Gasteiger partial charge in [-0.25, -0.2) is 0 Å². The number of carbonyl (C=O) groups excluding carboxylic acids is 1. The van der Waals surface area contributed by atoms with Crippen LogP contribution < -0.4 is 11.1 Å². The average molecular weight is 212 g/mol. The first kappa shape index (κ1) is 10.7. The zero-order valence-electron chi connectivity index (χ0n) is 8.03. The summed E-state index contributed by atoms with van der Waals surface area (Å²) in [4.78, 5) is 11.8. The summed E-state index contributed by atoms with van der Waals surface area (Å²) in [7, 11) is 0. The number of hydrogen-bond acceptors (Lipinski definition) is 3. The van der Waals surface area contributed by atoms with Crippen molar-refractivity contribution >= 4 is 23.1 Å². The van der Waals surface area contributed by atoms with E-state index in [4.69, 9.17) is 22.4 Å². The molecule has 0 aliphatic rings. The van der Waals surface area contributed by atoms with Gasteiger partial charge in [-0.3, -0.25) is 4.79 Å². The SMILES string of the molecule is CC(C)(NC(=O)c1ccoc1)C(N)=S. The second kappa shape index (κ2) is 3.79. The van der Waals surface area contributed by atoms with Crippen LogP contribution in [0.2, 0.25) is 0 Å². The number of nitrogens with two attached hydrogens (primary N) is 1. The second-order valence-electron chi connectivity index (χ2n) is 3.46. The molecule has 5 heteroatoms. The van der Waals surface area contributed by atoms with Crippen LogP contribution in [0.1, 0.15) is 24.2 Å². The Kier molecular flexibility index (Phi) is 2.90. The Labute approximate surface area is 87.5 Å². The third-order valence-electron chi connectivity index (χ3n) is 1.83. The molecular weight excluding hydrogens is 200 g/mol. The lowest BCUT2D eigenvalue weighted by Gasteiger charge is -2.24. The maximum Gasteiger partial charge on any atom is 0.255 e. The van der Waals surface area contributed by atoms with Crippen LogP contribution >= 0.6 is 12.2 Å². The van der Waals surface area contributed by atoms with Crippen molar-refractivity contribution in [2.75, 3.05) is 0 Å². The molecule has 1 amide bonds. The van der Waals surface area contributed by atoms with Crippen LogP contribution in [0.25, 0.3) is 0 Å². The van der Waals surface area contributed by atoms with E-state index in [9.17, 15) is 4.79 Å². The summed E-state index contributed by atoms with van der Waals surface area (Å²) < 4.78 is 4.79. The van der Waals surface area contributed by atoms with Crippen molar-refractivity contribution in [1.82, 2.24) is 5.32 Å². The predicted molar refractivity (Wildman–Crippen MR) is 57.0 cm³/mol. The Balaban J connectivity index is 2.71. The lowest BCUT2D eigenvalue weighted by Crippen LogP contribution is -2.52. The molecule has 0 bridgehead atoms. The maximum absolute atomic E-state index is 11.5. The maximum atomic E-state index is 11.5. The van der Waals surface area contributed by atoms with E-state index >= 15 is 0 Å². The first-order valence-corrected chi connectivity index (χ1v) is 4.49. The summed E-state index contributed by atoms with van der Waals surface area (Å²) in [5.74, 6) is -0.253. The number of carbonyl (C=O) groups is 1. The van der Waals surface area contributed by atoms with Crippen molar-refractivity contribution < 1.29 is 9.21 Å². The smallest absolute Gasteiger partial charge is 0.255 e. The van der Waals surface area contributed by atoms with E-state index in [0.717, 1.165) is 0 Å². The van der Waals surface area contributed by atoms with Gasteiger partial charge in [-0.15, -0.1) is 0 Å². The summed E-state index contributed by atoms with van der Waals surface area (Å²) in [6.07, 6.45) is 2.80. The molecule has 1 heterocycles. The van der Waals surface area contributed by atoms with Gasteiger partial charge in [-0.05, 0) is 19.9 Å². The summed E-state index contributed by atoms with van der Waals surface area (Å²) >= 11 is 4.82. The van der Waals surface area contributed by atoms with E-state index < -0.39 is 5.54 Å². The molecule has 0 saturated heterocycles. The van der Waals surface area contributed by atoms with E-state index in [1.54, 1.807) is 19.9 Å². The Morgan fingerprint density at radius 2 is 2.29 bits per heavy atom. The minimum Gasteiger partial charge on any atom is -0.472 e.